The van der Waals surface area contributed by atoms with E-state index in [-0.39, 0.29) is 4.21 Å². The van der Waals surface area contributed by atoms with Crippen molar-refractivity contribution in [3.05, 3.63) is 53.2 Å². The number of oxazole rings is 1. The zero-order valence-corrected chi connectivity index (χ0v) is 17.0. The van der Waals surface area contributed by atoms with Crippen molar-refractivity contribution < 1.29 is 22.4 Å². The third-order valence-corrected chi connectivity index (χ3v) is 6.75. The fourth-order valence-corrected chi connectivity index (χ4v) is 5.11. The first-order valence-electron chi connectivity index (χ1n) is 8.51. The van der Waals surface area contributed by atoms with Crippen LogP contribution in [0.1, 0.15) is 29.8 Å². The monoisotopic (exact) mass is 421 g/mol. The lowest BCUT2D eigenvalue weighted by molar-refractivity contribution is 0.177. The van der Waals surface area contributed by atoms with Crippen LogP contribution >= 0.6 is 11.3 Å². The van der Waals surface area contributed by atoms with Gasteiger partial charge in [0.15, 0.2) is 10.1 Å². The molecule has 148 valence electrons. The van der Waals surface area contributed by atoms with Crippen LogP contribution in [0.3, 0.4) is 0 Å². The Morgan fingerprint density at radius 1 is 1.29 bits per heavy atom. The van der Waals surface area contributed by atoms with E-state index in [1.165, 1.54) is 6.26 Å². The van der Waals surface area contributed by atoms with Crippen molar-refractivity contribution in [1.82, 2.24) is 14.7 Å². The molecule has 0 aliphatic heterocycles. The second kappa shape index (κ2) is 8.53. The highest BCUT2D eigenvalue weighted by atomic mass is 32.2. The number of amides is 1. The van der Waals surface area contributed by atoms with Crippen LogP contribution in [0.4, 0.5) is 4.79 Å². The minimum atomic E-state index is -4.09. The molecule has 1 aromatic carbocycles. The molecule has 3 aromatic rings. The van der Waals surface area contributed by atoms with Crippen LogP contribution in [0.25, 0.3) is 11.3 Å². The van der Waals surface area contributed by atoms with Crippen LogP contribution in [0, 0.1) is 0 Å². The molecule has 0 spiro atoms. The average molecular weight is 422 g/mol. The molecule has 28 heavy (non-hydrogen) atoms. The van der Waals surface area contributed by atoms with E-state index in [4.69, 9.17) is 4.42 Å². The maximum Gasteiger partial charge on any atom is 0.420 e. The molecule has 2 heterocycles. The second-order valence-corrected chi connectivity index (χ2v) is 8.85. The van der Waals surface area contributed by atoms with Crippen molar-refractivity contribution in [2.24, 2.45) is 0 Å². The van der Waals surface area contributed by atoms with Crippen molar-refractivity contribution in [2.45, 2.75) is 30.4 Å². The summed E-state index contributed by atoms with van der Waals surface area (Å²) in [6, 6.07) is 7.31. The van der Waals surface area contributed by atoms with Gasteiger partial charge in [-0.2, -0.15) is 0 Å². The number of benzene rings is 1. The predicted molar refractivity (Wildman–Crippen MR) is 104 cm³/mol. The fraction of sp³-hybridized carbons (Fsp3) is 0.278. The van der Waals surface area contributed by atoms with Crippen LogP contribution in [0.2, 0.25) is 0 Å². The molecule has 0 bridgehead atoms. The van der Waals surface area contributed by atoms with Gasteiger partial charge in [0.2, 0.25) is 0 Å². The third-order valence-electron chi connectivity index (χ3n) is 3.82. The Morgan fingerprint density at radius 3 is 2.64 bits per heavy atom. The quantitative estimate of drug-likeness (QED) is 0.622. The smallest absolute Gasteiger partial charge is 0.420 e. The van der Waals surface area contributed by atoms with Crippen molar-refractivity contribution in [1.29, 1.82) is 0 Å². The largest absolute Gasteiger partial charge is 0.452 e. The highest BCUT2D eigenvalue weighted by Crippen LogP contribution is 2.33. The molecule has 0 aliphatic carbocycles. The van der Waals surface area contributed by atoms with E-state index in [1.807, 2.05) is 23.8 Å². The highest BCUT2D eigenvalue weighted by molar-refractivity contribution is 7.92. The summed E-state index contributed by atoms with van der Waals surface area (Å²) in [7, 11) is -2.99. The Labute approximate surface area is 166 Å². The zero-order chi connectivity index (χ0) is 20.1. The highest BCUT2D eigenvalue weighted by Gasteiger charge is 2.27. The molecule has 10 heteroatoms. The predicted octanol–water partition coefficient (Wildman–Crippen LogP) is 3.39. The van der Waals surface area contributed by atoms with E-state index in [9.17, 15) is 13.2 Å². The van der Waals surface area contributed by atoms with Gasteiger partial charge < -0.3 is 9.15 Å². The van der Waals surface area contributed by atoms with Crippen LogP contribution in [0.15, 0.2) is 45.4 Å². The summed E-state index contributed by atoms with van der Waals surface area (Å²) in [5.41, 5.74) is 1.92. The molecule has 8 nitrogen and oxygen atoms in total. The lowest BCUT2D eigenvalue weighted by Gasteiger charge is -2.06. The van der Waals surface area contributed by atoms with Gasteiger partial charge in [-0.15, -0.1) is 11.3 Å². The molecule has 0 aliphatic rings. The van der Waals surface area contributed by atoms with Gasteiger partial charge in [-0.05, 0) is 18.4 Å². The van der Waals surface area contributed by atoms with Crippen molar-refractivity contribution in [2.75, 3.05) is 7.11 Å². The molecule has 1 N–H and O–H groups in total. The molecule has 0 saturated heterocycles. The zero-order valence-electron chi connectivity index (χ0n) is 15.3. The minimum Gasteiger partial charge on any atom is -0.452 e. The van der Waals surface area contributed by atoms with Gasteiger partial charge >= 0.3 is 6.09 Å². The van der Waals surface area contributed by atoms with Gasteiger partial charge in [0, 0.05) is 12.0 Å². The number of aryl methyl sites for hydroxylation is 1. The van der Waals surface area contributed by atoms with E-state index in [2.05, 4.69) is 14.7 Å². The number of sulfonamides is 1. The number of carbonyl (C=O) groups excluding carboxylic acids is 1. The Morgan fingerprint density at radius 2 is 2.04 bits per heavy atom. The van der Waals surface area contributed by atoms with Gasteiger partial charge in [-0.25, -0.2) is 27.9 Å². The first-order valence-corrected chi connectivity index (χ1v) is 10.8. The first-order chi connectivity index (χ1) is 13.4. The van der Waals surface area contributed by atoms with E-state index in [0.717, 1.165) is 30.4 Å². The number of nitrogens with zero attached hydrogens (tertiary/aromatic N) is 2. The number of rotatable bonds is 7. The SMILES string of the molecule is CCCc1nc(-c2ccc(Cc3ncco3)cc2)c(S(=O)(=O)NC(=O)OC)s1. The number of ether oxygens (including phenoxy) is 1. The number of nitrogens with one attached hydrogen (secondary N) is 1. The van der Waals surface area contributed by atoms with E-state index in [0.29, 0.717) is 35.0 Å². The summed E-state index contributed by atoms with van der Waals surface area (Å²) < 4.78 is 36.8. The Bertz CT molecular complexity index is 1040. The maximum absolute atomic E-state index is 12.6. The standard InChI is InChI=1S/C18H19N3O5S2/c1-3-4-15-20-16(17(27-15)28(23,24)21-18(22)25-2)13-7-5-12(6-8-13)11-14-19-9-10-26-14/h5-10H,3-4,11H2,1-2H3,(H,21,22). The molecular formula is C18H19N3O5S2. The first kappa shape index (κ1) is 20.0. The fourth-order valence-electron chi connectivity index (χ4n) is 2.53. The van der Waals surface area contributed by atoms with E-state index < -0.39 is 16.1 Å². The minimum absolute atomic E-state index is 0.0122. The summed E-state index contributed by atoms with van der Waals surface area (Å²) >= 11 is 1.05. The Kier molecular flexibility index (Phi) is 6.10. The number of aromatic nitrogens is 2. The molecular weight excluding hydrogens is 402 g/mol. The topological polar surface area (TPSA) is 111 Å². The van der Waals surface area contributed by atoms with Crippen LogP contribution in [-0.4, -0.2) is 31.6 Å². The molecule has 0 fully saturated rings. The van der Waals surface area contributed by atoms with Crippen LogP contribution in [-0.2, 0) is 27.6 Å². The molecule has 0 atom stereocenters. The summed E-state index contributed by atoms with van der Waals surface area (Å²) in [4.78, 5) is 20.0. The molecule has 0 unspecified atom stereocenters. The van der Waals surface area contributed by atoms with Crippen molar-refractivity contribution in [3.8, 4) is 11.3 Å². The summed E-state index contributed by atoms with van der Waals surface area (Å²) in [6.45, 7) is 1.99. The molecule has 2 aromatic heterocycles. The van der Waals surface area contributed by atoms with Gasteiger partial charge in [-0.3, -0.25) is 0 Å². The lowest BCUT2D eigenvalue weighted by Crippen LogP contribution is -2.30. The van der Waals surface area contributed by atoms with Crippen molar-refractivity contribution in [3.63, 3.8) is 0 Å². The normalized spacial score (nSPS) is 11.4. The molecule has 3 rings (SSSR count). The number of hydrogen-bond donors (Lipinski definition) is 1. The number of methoxy groups -OCH3 is 1. The van der Waals surface area contributed by atoms with Crippen molar-refractivity contribution >= 4 is 27.5 Å². The number of hydrogen-bond acceptors (Lipinski definition) is 8. The third kappa shape index (κ3) is 4.57. The Hall–Kier alpha value is -2.72. The maximum atomic E-state index is 12.6. The summed E-state index contributed by atoms with van der Waals surface area (Å²) in [6.07, 6.45) is 4.05. The summed E-state index contributed by atoms with van der Waals surface area (Å²) in [5, 5.41) is 0.687. The van der Waals surface area contributed by atoms with E-state index in [1.54, 1.807) is 18.3 Å². The van der Waals surface area contributed by atoms with Gasteiger partial charge in [0.1, 0.15) is 12.0 Å². The second-order valence-electron chi connectivity index (χ2n) is 5.89. The summed E-state index contributed by atoms with van der Waals surface area (Å²) in [5.74, 6) is 0.595. The molecule has 0 radical (unpaired) electrons. The Balaban J connectivity index is 1.95. The lowest BCUT2D eigenvalue weighted by atomic mass is 10.1. The van der Waals surface area contributed by atoms with Gasteiger partial charge in [0.05, 0.1) is 18.3 Å². The van der Waals surface area contributed by atoms with Crippen LogP contribution in [0.5, 0.6) is 0 Å². The van der Waals surface area contributed by atoms with Gasteiger partial charge in [-0.1, -0.05) is 31.2 Å². The number of carbonyl (C=O) groups is 1. The van der Waals surface area contributed by atoms with Crippen LogP contribution < -0.4 is 4.72 Å². The average Bonchev–Trinajstić information content (AvgIpc) is 3.32. The molecule has 0 saturated carbocycles. The van der Waals surface area contributed by atoms with E-state index >= 15 is 0 Å². The molecule has 1 amide bonds. The number of thiazole rings is 1. The van der Waals surface area contributed by atoms with Gasteiger partial charge in [0.25, 0.3) is 10.0 Å².